The number of hydrogen-bond donors (Lipinski definition) is 1. The molecule has 0 saturated heterocycles. The van der Waals surface area contributed by atoms with Crippen LogP contribution in [0.15, 0.2) is 40.7 Å². The van der Waals surface area contributed by atoms with Crippen LogP contribution in [0.5, 0.6) is 0 Å². The first-order valence-corrected chi connectivity index (χ1v) is 11.3. The highest BCUT2D eigenvalue weighted by Gasteiger charge is 2.40. The summed E-state index contributed by atoms with van der Waals surface area (Å²) in [7, 11) is 1.25. The Morgan fingerprint density at radius 3 is 2.45 bits per heavy atom. The molecule has 10 heteroatoms. The van der Waals surface area contributed by atoms with Gasteiger partial charge in [0, 0.05) is 5.70 Å². The van der Waals surface area contributed by atoms with Gasteiger partial charge in [0.15, 0.2) is 9.89 Å². The third-order valence-electron chi connectivity index (χ3n) is 4.53. The number of nitrogens with one attached hydrogen (secondary N) is 1. The second-order valence-corrected chi connectivity index (χ2v) is 8.50. The quantitative estimate of drug-likeness (QED) is 0.278. The Labute approximate surface area is 204 Å². The van der Waals surface area contributed by atoms with Crippen molar-refractivity contribution in [2.24, 2.45) is 0 Å². The summed E-state index contributed by atoms with van der Waals surface area (Å²) in [5, 5.41) is 3.51. The summed E-state index contributed by atoms with van der Waals surface area (Å²) >= 11 is 14.5. The maximum Gasteiger partial charge on any atom is 0.336 e. The van der Waals surface area contributed by atoms with E-state index in [9.17, 15) is 14.4 Å². The minimum absolute atomic E-state index is 0.0954. The van der Waals surface area contributed by atoms with Crippen LogP contribution in [-0.2, 0) is 28.6 Å². The van der Waals surface area contributed by atoms with E-state index in [4.69, 9.17) is 37.4 Å². The van der Waals surface area contributed by atoms with Gasteiger partial charge in [0.25, 0.3) is 0 Å². The van der Waals surface area contributed by atoms with Crippen LogP contribution in [-0.4, -0.2) is 42.2 Å². The zero-order chi connectivity index (χ0) is 23.3. The number of dihydropyridines is 1. The van der Waals surface area contributed by atoms with Gasteiger partial charge in [-0.05, 0) is 55.0 Å². The number of methoxy groups -OCH3 is 1. The van der Waals surface area contributed by atoms with Crippen molar-refractivity contribution in [1.82, 2.24) is 5.32 Å². The number of allylic oxidation sites excluding steroid dienone is 1. The number of benzene rings is 1. The lowest BCUT2D eigenvalue weighted by atomic mass is 9.80. The molecule has 2 unspecified atom stereocenters. The molecule has 2 atom stereocenters. The fraction of sp³-hybridized carbons (Fsp3) is 0.381. The van der Waals surface area contributed by atoms with Gasteiger partial charge in [-0.25, -0.2) is 9.59 Å². The third-order valence-corrected chi connectivity index (χ3v) is 6.60. The van der Waals surface area contributed by atoms with Gasteiger partial charge in [-0.2, -0.15) is 0 Å². The predicted octanol–water partition coefficient (Wildman–Crippen LogP) is 4.31. The number of halogens is 3. The van der Waals surface area contributed by atoms with Crippen LogP contribution in [0.4, 0.5) is 0 Å². The van der Waals surface area contributed by atoms with Gasteiger partial charge in [-0.3, -0.25) is 4.79 Å². The summed E-state index contributed by atoms with van der Waals surface area (Å²) in [6.45, 7) is 4.77. The maximum atomic E-state index is 13.0. The van der Waals surface area contributed by atoms with Gasteiger partial charge in [-0.15, -0.1) is 0 Å². The third kappa shape index (κ3) is 5.79. The van der Waals surface area contributed by atoms with Crippen molar-refractivity contribution in [2.45, 2.75) is 30.8 Å². The zero-order valence-corrected chi connectivity index (χ0v) is 21.1. The lowest BCUT2D eigenvalue weighted by Crippen LogP contribution is -2.35. The van der Waals surface area contributed by atoms with Gasteiger partial charge < -0.3 is 19.5 Å². The van der Waals surface area contributed by atoms with Crippen LogP contribution in [0, 0.1) is 0 Å². The molecule has 168 valence electrons. The molecule has 0 spiro atoms. The van der Waals surface area contributed by atoms with Crippen LogP contribution in [0.25, 0.3) is 0 Å². The fourth-order valence-electron chi connectivity index (χ4n) is 3.17. The summed E-state index contributed by atoms with van der Waals surface area (Å²) in [6.07, 6.45) is 0. The highest BCUT2D eigenvalue weighted by Crippen LogP contribution is 2.43. The van der Waals surface area contributed by atoms with Gasteiger partial charge in [0.2, 0.25) is 0 Å². The average molecular weight is 582 g/mol. The van der Waals surface area contributed by atoms with Crippen LogP contribution < -0.4 is 5.32 Å². The Kier molecular flexibility index (Phi) is 9.35. The lowest BCUT2D eigenvalue weighted by molar-refractivity contribution is -0.139. The summed E-state index contributed by atoms with van der Waals surface area (Å²) < 4.78 is 15.2. The Morgan fingerprint density at radius 2 is 1.87 bits per heavy atom. The van der Waals surface area contributed by atoms with Crippen LogP contribution in [0.3, 0.4) is 0 Å². The largest absolute Gasteiger partial charge is 0.466 e. The molecule has 0 aromatic heterocycles. The standard InChI is InChI=1S/C21H22Cl2INO6/c1-5-30-21(28)17-14(9-31-19(24)11(3)26)25-10(2)15(20(27)29-4)16(17)12-7-6-8-13(22)18(12)23/h6-8,16,19,25H,5,9H2,1-4H3. The fourth-order valence-corrected chi connectivity index (χ4v) is 3.77. The molecule has 1 aromatic rings. The summed E-state index contributed by atoms with van der Waals surface area (Å²) in [4.78, 5) is 37.3. The molecule has 0 saturated carbocycles. The van der Waals surface area contributed by atoms with E-state index in [-0.39, 0.29) is 40.2 Å². The van der Waals surface area contributed by atoms with E-state index < -0.39 is 22.0 Å². The zero-order valence-electron chi connectivity index (χ0n) is 17.4. The number of carbonyl (C=O) groups excluding carboxylic acids is 3. The second kappa shape index (κ2) is 11.3. The molecule has 31 heavy (non-hydrogen) atoms. The highest BCUT2D eigenvalue weighted by molar-refractivity contribution is 14.1. The van der Waals surface area contributed by atoms with Gasteiger partial charge >= 0.3 is 11.9 Å². The molecule has 1 aliphatic rings. The normalized spacial score (nSPS) is 17.2. The SMILES string of the molecule is CCOC(=O)C1=C(COC(I)C(C)=O)NC(C)=C(C(=O)OC)C1c1cccc(Cl)c1Cl. The molecule has 1 heterocycles. The van der Waals surface area contributed by atoms with Crippen molar-refractivity contribution in [2.75, 3.05) is 20.3 Å². The molecule has 1 aromatic carbocycles. The van der Waals surface area contributed by atoms with Crippen LogP contribution >= 0.6 is 45.8 Å². The first-order chi connectivity index (χ1) is 14.6. The van der Waals surface area contributed by atoms with Crippen molar-refractivity contribution in [1.29, 1.82) is 0 Å². The number of rotatable bonds is 8. The van der Waals surface area contributed by atoms with Gasteiger partial charge in [0.1, 0.15) is 0 Å². The van der Waals surface area contributed by atoms with Crippen LogP contribution in [0.1, 0.15) is 32.3 Å². The highest BCUT2D eigenvalue weighted by atomic mass is 127. The molecule has 1 aliphatic heterocycles. The Morgan fingerprint density at radius 1 is 1.19 bits per heavy atom. The molecule has 2 rings (SSSR count). The van der Waals surface area contributed by atoms with E-state index in [0.29, 0.717) is 17.0 Å². The molecule has 0 fully saturated rings. The molecular formula is C21H22Cl2INO6. The number of hydrogen-bond acceptors (Lipinski definition) is 7. The minimum atomic E-state index is -0.914. The maximum absolute atomic E-state index is 13.0. The molecule has 0 aliphatic carbocycles. The number of esters is 2. The monoisotopic (exact) mass is 581 g/mol. The topological polar surface area (TPSA) is 90.9 Å². The first-order valence-electron chi connectivity index (χ1n) is 9.30. The molecule has 0 amide bonds. The predicted molar refractivity (Wildman–Crippen MR) is 125 cm³/mol. The second-order valence-electron chi connectivity index (χ2n) is 6.58. The molecule has 7 nitrogen and oxygen atoms in total. The average Bonchev–Trinajstić information content (AvgIpc) is 2.72. The van der Waals surface area contributed by atoms with Crippen LogP contribution in [0.2, 0.25) is 10.0 Å². The number of carbonyl (C=O) groups is 3. The molecule has 1 N–H and O–H groups in total. The summed E-state index contributed by atoms with van der Waals surface area (Å²) in [5.41, 5.74) is 1.56. The minimum Gasteiger partial charge on any atom is -0.466 e. The summed E-state index contributed by atoms with van der Waals surface area (Å²) in [5.74, 6) is -2.38. The number of Topliss-reactive ketones (excluding diaryl/α,β-unsaturated/α-hetero) is 1. The van der Waals surface area contributed by atoms with Crippen molar-refractivity contribution in [3.8, 4) is 0 Å². The van der Waals surface area contributed by atoms with Gasteiger partial charge in [0.05, 0.1) is 53.1 Å². The molecule has 0 radical (unpaired) electrons. The van der Waals surface area contributed by atoms with Crippen molar-refractivity contribution >= 4 is 63.5 Å². The lowest BCUT2D eigenvalue weighted by Gasteiger charge is -2.32. The van der Waals surface area contributed by atoms with E-state index >= 15 is 0 Å². The van der Waals surface area contributed by atoms with E-state index in [2.05, 4.69) is 5.32 Å². The van der Waals surface area contributed by atoms with Gasteiger partial charge in [-0.1, -0.05) is 35.3 Å². The molecule has 0 bridgehead atoms. The van der Waals surface area contributed by atoms with Crippen molar-refractivity contribution < 1.29 is 28.6 Å². The number of ketones is 1. The number of ether oxygens (including phenoxy) is 3. The Balaban J connectivity index is 2.73. The van der Waals surface area contributed by atoms with Crippen molar-refractivity contribution in [3.63, 3.8) is 0 Å². The Bertz CT molecular complexity index is 959. The van der Waals surface area contributed by atoms with E-state index in [0.717, 1.165) is 0 Å². The van der Waals surface area contributed by atoms with E-state index in [1.807, 2.05) is 22.6 Å². The first kappa shape index (κ1) is 25.6. The number of alkyl halides is 1. The van der Waals surface area contributed by atoms with Crippen molar-refractivity contribution in [3.05, 3.63) is 56.3 Å². The molecular weight excluding hydrogens is 560 g/mol. The van der Waals surface area contributed by atoms with E-state index in [1.165, 1.54) is 14.0 Å². The smallest absolute Gasteiger partial charge is 0.336 e. The summed E-state index contributed by atoms with van der Waals surface area (Å²) in [6, 6.07) is 4.95. The Hall–Kier alpha value is -1.62. The van der Waals surface area contributed by atoms with E-state index in [1.54, 1.807) is 32.0 Å².